The fourth-order valence-corrected chi connectivity index (χ4v) is 1.69. The standard InChI is InChI=1S/C12H11N5O2/c1-18-11-6-14-9-4-7(2-3-8(9)15-11)12-16-10(5-13)19-17-12/h2-4,6H,5,13H2,1H3. The fourth-order valence-electron chi connectivity index (χ4n) is 1.69. The highest BCUT2D eigenvalue weighted by atomic mass is 16.5. The molecule has 19 heavy (non-hydrogen) atoms. The van der Waals surface area contributed by atoms with Gasteiger partial charge in [-0.3, -0.25) is 0 Å². The molecule has 0 amide bonds. The van der Waals surface area contributed by atoms with Crippen molar-refractivity contribution < 1.29 is 9.26 Å². The van der Waals surface area contributed by atoms with E-state index in [1.165, 1.54) is 0 Å². The predicted octanol–water partition coefficient (Wildman–Crippen LogP) is 1.15. The van der Waals surface area contributed by atoms with E-state index in [1.807, 2.05) is 18.2 Å². The summed E-state index contributed by atoms with van der Waals surface area (Å²) in [7, 11) is 1.55. The summed E-state index contributed by atoms with van der Waals surface area (Å²) in [5.74, 6) is 1.36. The van der Waals surface area contributed by atoms with Crippen LogP contribution in [0.15, 0.2) is 28.9 Å². The molecule has 2 aromatic heterocycles. The van der Waals surface area contributed by atoms with Gasteiger partial charge in [-0.05, 0) is 18.2 Å². The van der Waals surface area contributed by atoms with Crippen molar-refractivity contribution in [2.75, 3.05) is 7.11 Å². The second-order valence-corrected chi connectivity index (χ2v) is 3.83. The number of benzene rings is 1. The molecule has 3 aromatic rings. The zero-order valence-electron chi connectivity index (χ0n) is 10.2. The maximum atomic E-state index is 5.43. The largest absolute Gasteiger partial charge is 0.480 e. The lowest BCUT2D eigenvalue weighted by Crippen LogP contribution is -1.95. The van der Waals surface area contributed by atoms with Crippen molar-refractivity contribution in [2.45, 2.75) is 6.54 Å². The smallest absolute Gasteiger partial charge is 0.240 e. The van der Waals surface area contributed by atoms with E-state index in [2.05, 4.69) is 20.1 Å². The van der Waals surface area contributed by atoms with Gasteiger partial charge in [0, 0.05) is 5.56 Å². The minimum Gasteiger partial charge on any atom is -0.480 e. The molecule has 0 saturated heterocycles. The highest BCUT2D eigenvalue weighted by Gasteiger charge is 2.09. The first kappa shape index (κ1) is 11.5. The third kappa shape index (κ3) is 2.11. The molecule has 0 unspecified atom stereocenters. The van der Waals surface area contributed by atoms with Gasteiger partial charge in [0.05, 0.1) is 30.9 Å². The van der Waals surface area contributed by atoms with Gasteiger partial charge in [-0.1, -0.05) is 5.16 Å². The van der Waals surface area contributed by atoms with Crippen molar-refractivity contribution in [1.29, 1.82) is 0 Å². The number of hydrogen-bond acceptors (Lipinski definition) is 7. The number of rotatable bonds is 3. The Balaban J connectivity index is 2.06. The molecule has 2 N–H and O–H groups in total. The van der Waals surface area contributed by atoms with Gasteiger partial charge < -0.3 is 15.0 Å². The third-order valence-corrected chi connectivity index (χ3v) is 2.63. The van der Waals surface area contributed by atoms with Crippen molar-refractivity contribution in [3.63, 3.8) is 0 Å². The molecular formula is C12H11N5O2. The van der Waals surface area contributed by atoms with Gasteiger partial charge in [-0.15, -0.1) is 0 Å². The van der Waals surface area contributed by atoms with Crippen LogP contribution in [0.3, 0.4) is 0 Å². The summed E-state index contributed by atoms with van der Waals surface area (Å²) >= 11 is 0. The van der Waals surface area contributed by atoms with E-state index in [4.69, 9.17) is 15.0 Å². The first-order chi connectivity index (χ1) is 9.30. The van der Waals surface area contributed by atoms with Crippen LogP contribution in [0, 0.1) is 0 Å². The van der Waals surface area contributed by atoms with Gasteiger partial charge in [0.1, 0.15) is 0 Å². The zero-order chi connectivity index (χ0) is 13.2. The minimum atomic E-state index is 0.220. The quantitative estimate of drug-likeness (QED) is 0.751. The lowest BCUT2D eigenvalue weighted by Gasteiger charge is -2.01. The van der Waals surface area contributed by atoms with E-state index in [9.17, 15) is 0 Å². The van der Waals surface area contributed by atoms with Gasteiger partial charge in [0.25, 0.3) is 0 Å². The van der Waals surface area contributed by atoms with Crippen molar-refractivity contribution in [3.8, 4) is 17.3 Å². The molecule has 0 atom stereocenters. The van der Waals surface area contributed by atoms with E-state index < -0.39 is 0 Å². The minimum absolute atomic E-state index is 0.220. The van der Waals surface area contributed by atoms with Gasteiger partial charge in [0.15, 0.2) is 0 Å². The summed E-state index contributed by atoms with van der Waals surface area (Å²) in [5, 5.41) is 3.86. The van der Waals surface area contributed by atoms with Crippen LogP contribution in [-0.4, -0.2) is 27.2 Å². The lowest BCUT2D eigenvalue weighted by atomic mass is 10.2. The number of nitrogens with zero attached hydrogens (tertiary/aromatic N) is 4. The van der Waals surface area contributed by atoms with Crippen LogP contribution in [0.2, 0.25) is 0 Å². The fraction of sp³-hybridized carbons (Fsp3) is 0.167. The second-order valence-electron chi connectivity index (χ2n) is 3.83. The highest BCUT2D eigenvalue weighted by Crippen LogP contribution is 2.21. The number of nitrogens with two attached hydrogens (primary N) is 1. The number of ether oxygens (including phenoxy) is 1. The molecule has 1 aromatic carbocycles. The summed E-state index contributed by atoms with van der Waals surface area (Å²) < 4.78 is 10.0. The summed E-state index contributed by atoms with van der Waals surface area (Å²) in [6.07, 6.45) is 1.56. The second kappa shape index (κ2) is 4.62. The van der Waals surface area contributed by atoms with Crippen molar-refractivity contribution in [2.24, 2.45) is 5.73 Å². The van der Waals surface area contributed by atoms with Crippen LogP contribution < -0.4 is 10.5 Å². The van der Waals surface area contributed by atoms with Crippen LogP contribution in [0.25, 0.3) is 22.4 Å². The van der Waals surface area contributed by atoms with Crippen LogP contribution in [-0.2, 0) is 6.54 Å². The SMILES string of the molecule is COc1cnc2cc(-c3noc(CN)n3)ccc2n1. The summed E-state index contributed by atoms with van der Waals surface area (Å²) in [6, 6.07) is 5.52. The van der Waals surface area contributed by atoms with Crippen LogP contribution >= 0.6 is 0 Å². The third-order valence-electron chi connectivity index (χ3n) is 2.63. The van der Waals surface area contributed by atoms with E-state index >= 15 is 0 Å². The lowest BCUT2D eigenvalue weighted by molar-refractivity contribution is 0.380. The molecule has 3 rings (SSSR count). The van der Waals surface area contributed by atoms with Crippen LogP contribution in [0.1, 0.15) is 5.89 Å². The molecule has 96 valence electrons. The highest BCUT2D eigenvalue weighted by molar-refractivity contribution is 5.79. The Bertz CT molecular complexity index is 725. The maximum Gasteiger partial charge on any atom is 0.240 e. The van der Waals surface area contributed by atoms with Crippen LogP contribution in [0.4, 0.5) is 0 Å². The average molecular weight is 257 g/mol. The van der Waals surface area contributed by atoms with Crippen molar-refractivity contribution in [1.82, 2.24) is 20.1 Å². The van der Waals surface area contributed by atoms with E-state index in [0.29, 0.717) is 17.6 Å². The Kier molecular flexibility index (Phi) is 2.81. The molecule has 0 bridgehead atoms. The Morgan fingerprint density at radius 1 is 1.26 bits per heavy atom. The first-order valence-electron chi connectivity index (χ1n) is 5.64. The Labute approximate surface area is 108 Å². The molecular weight excluding hydrogens is 246 g/mol. The van der Waals surface area contributed by atoms with Gasteiger partial charge in [-0.2, -0.15) is 4.98 Å². The Hall–Kier alpha value is -2.54. The summed E-state index contributed by atoms with van der Waals surface area (Å²) in [5.41, 5.74) is 7.71. The molecule has 0 fully saturated rings. The molecule has 2 heterocycles. The Morgan fingerprint density at radius 2 is 2.16 bits per heavy atom. The number of fused-ring (bicyclic) bond motifs is 1. The molecule has 0 radical (unpaired) electrons. The van der Waals surface area contributed by atoms with Gasteiger partial charge >= 0.3 is 0 Å². The van der Waals surface area contributed by atoms with Gasteiger partial charge in [-0.25, -0.2) is 9.97 Å². The topological polar surface area (TPSA) is 100.0 Å². The van der Waals surface area contributed by atoms with Crippen LogP contribution in [0.5, 0.6) is 5.88 Å². The zero-order valence-corrected chi connectivity index (χ0v) is 10.2. The monoisotopic (exact) mass is 257 g/mol. The molecule has 7 nitrogen and oxygen atoms in total. The average Bonchev–Trinajstić information content (AvgIpc) is 2.95. The molecule has 0 spiro atoms. The molecule has 7 heteroatoms. The molecule has 0 aliphatic rings. The summed E-state index contributed by atoms with van der Waals surface area (Å²) in [6.45, 7) is 0.220. The van der Waals surface area contributed by atoms with Gasteiger partial charge in [0.2, 0.25) is 17.6 Å². The normalized spacial score (nSPS) is 10.8. The Morgan fingerprint density at radius 3 is 2.89 bits per heavy atom. The molecule has 0 aliphatic heterocycles. The van der Waals surface area contributed by atoms with Crippen molar-refractivity contribution in [3.05, 3.63) is 30.3 Å². The van der Waals surface area contributed by atoms with E-state index in [0.717, 1.165) is 16.6 Å². The predicted molar refractivity (Wildman–Crippen MR) is 67.3 cm³/mol. The number of methoxy groups -OCH3 is 1. The number of hydrogen-bond donors (Lipinski definition) is 1. The van der Waals surface area contributed by atoms with Crippen molar-refractivity contribution >= 4 is 11.0 Å². The number of aromatic nitrogens is 4. The summed E-state index contributed by atoms with van der Waals surface area (Å²) in [4.78, 5) is 12.7. The van der Waals surface area contributed by atoms with E-state index in [-0.39, 0.29) is 6.54 Å². The maximum absolute atomic E-state index is 5.43. The molecule has 0 saturated carbocycles. The first-order valence-corrected chi connectivity index (χ1v) is 5.64. The van der Waals surface area contributed by atoms with E-state index in [1.54, 1.807) is 13.3 Å². The molecule has 0 aliphatic carbocycles.